The molecule has 1 unspecified atom stereocenters. The van der Waals surface area contributed by atoms with Gasteiger partial charge in [0.1, 0.15) is 0 Å². The number of carbonyl (C=O) groups excluding carboxylic acids is 1. The van der Waals surface area contributed by atoms with Crippen molar-refractivity contribution >= 4 is 45.7 Å². The molecule has 0 spiro atoms. The zero-order valence-electron chi connectivity index (χ0n) is 8.87. The molecule has 0 aliphatic carbocycles. The second-order valence-corrected chi connectivity index (χ2v) is 5.33. The van der Waals surface area contributed by atoms with E-state index in [1.54, 1.807) is 6.07 Å². The summed E-state index contributed by atoms with van der Waals surface area (Å²) in [6.07, 6.45) is 0.519. The Balaban J connectivity index is 2.62. The fourth-order valence-electron chi connectivity index (χ4n) is 1.29. The smallest absolute Gasteiger partial charge is 0.251 e. The molecule has 0 heterocycles. The van der Waals surface area contributed by atoms with Gasteiger partial charge in [-0.05, 0) is 47.7 Å². The third-order valence-electron chi connectivity index (χ3n) is 1.97. The van der Waals surface area contributed by atoms with Gasteiger partial charge < -0.3 is 11.1 Å². The summed E-state index contributed by atoms with van der Waals surface area (Å²) in [5, 5.41) is 2.84. The van der Waals surface area contributed by atoms with Crippen LogP contribution in [0.25, 0.3) is 0 Å². The van der Waals surface area contributed by atoms with Gasteiger partial charge in [-0.1, -0.05) is 18.3 Å². The third kappa shape index (κ3) is 4.44. The van der Waals surface area contributed by atoms with Gasteiger partial charge >= 0.3 is 0 Å². The summed E-state index contributed by atoms with van der Waals surface area (Å²) in [6.45, 7) is 1.88. The number of halogens is 1. The Morgan fingerprint density at radius 2 is 2.31 bits per heavy atom. The van der Waals surface area contributed by atoms with Crippen molar-refractivity contribution in [1.29, 1.82) is 0 Å². The molecule has 0 radical (unpaired) electrons. The predicted molar refractivity (Wildman–Crippen MR) is 77.5 cm³/mol. The van der Waals surface area contributed by atoms with Crippen molar-refractivity contribution in [1.82, 2.24) is 5.32 Å². The molecular formula is C11H13IN2OS. The van der Waals surface area contributed by atoms with Crippen LogP contribution in [-0.2, 0) is 0 Å². The van der Waals surface area contributed by atoms with Crippen LogP contribution in [0.2, 0.25) is 0 Å². The van der Waals surface area contributed by atoms with Gasteiger partial charge in [-0.2, -0.15) is 0 Å². The Kier molecular flexibility index (Phi) is 5.14. The van der Waals surface area contributed by atoms with Crippen LogP contribution >= 0.6 is 34.8 Å². The first kappa shape index (κ1) is 13.4. The number of amides is 1. The fourth-order valence-corrected chi connectivity index (χ4v) is 2.08. The number of thiocarbonyl (C=S) groups is 1. The minimum Gasteiger partial charge on any atom is -0.393 e. The molecule has 0 bridgehead atoms. The molecule has 1 aromatic rings. The first-order chi connectivity index (χ1) is 7.49. The molecule has 0 aliphatic rings. The predicted octanol–water partition coefficient (Wildman–Crippen LogP) is 2.09. The van der Waals surface area contributed by atoms with Gasteiger partial charge in [-0.15, -0.1) is 0 Å². The third-order valence-corrected chi connectivity index (χ3v) is 2.81. The lowest BCUT2D eigenvalue weighted by Gasteiger charge is -2.12. The van der Waals surface area contributed by atoms with Crippen molar-refractivity contribution in [2.24, 2.45) is 5.73 Å². The first-order valence-electron chi connectivity index (χ1n) is 4.84. The van der Waals surface area contributed by atoms with E-state index in [9.17, 15) is 4.79 Å². The highest BCUT2D eigenvalue weighted by molar-refractivity contribution is 14.1. The molecule has 1 atom stereocenters. The number of rotatable bonds is 4. The normalized spacial score (nSPS) is 11.9. The minimum atomic E-state index is -0.0951. The molecule has 86 valence electrons. The summed E-state index contributed by atoms with van der Waals surface area (Å²) >= 11 is 6.96. The summed E-state index contributed by atoms with van der Waals surface area (Å²) < 4.78 is 1.03. The van der Waals surface area contributed by atoms with Gasteiger partial charge in [-0.3, -0.25) is 4.79 Å². The number of benzene rings is 1. The summed E-state index contributed by atoms with van der Waals surface area (Å²) in [6, 6.07) is 7.38. The minimum absolute atomic E-state index is 0.0390. The zero-order chi connectivity index (χ0) is 12.1. The number of carbonyl (C=O) groups is 1. The summed E-state index contributed by atoms with van der Waals surface area (Å²) in [4.78, 5) is 12.2. The van der Waals surface area contributed by atoms with Gasteiger partial charge in [0.15, 0.2) is 0 Å². The second kappa shape index (κ2) is 6.15. The largest absolute Gasteiger partial charge is 0.393 e. The van der Waals surface area contributed by atoms with Crippen LogP contribution in [-0.4, -0.2) is 16.9 Å². The maximum atomic E-state index is 11.8. The van der Waals surface area contributed by atoms with Gasteiger partial charge in [0.25, 0.3) is 5.91 Å². The highest BCUT2D eigenvalue weighted by Crippen LogP contribution is 2.08. The Bertz CT molecular complexity index is 409. The summed E-state index contributed by atoms with van der Waals surface area (Å²) in [5.74, 6) is -0.0951. The Labute approximate surface area is 114 Å². The SMILES string of the molecule is CC(CC(N)=S)NC(=O)c1cccc(I)c1. The van der Waals surface area contributed by atoms with Crippen molar-refractivity contribution < 1.29 is 4.79 Å². The van der Waals surface area contributed by atoms with E-state index in [1.807, 2.05) is 25.1 Å². The standard InChI is InChI=1S/C11H13IN2OS/c1-7(5-10(13)16)14-11(15)8-3-2-4-9(12)6-8/h2-4,6-7H,5H2,1H3,(H2,13,16)(H,14,15). The van der Waals surface area contributed by atoms with Crippen LogP contribution in [0.4, 0.5) is 0 Å². The Hall–Kier alpha value is -0.690. The molecule has 3 N–H and O–H groups in total. The van der Waals surface area contributed by atoms with Gasteiger partial charge in [0.2, 0.25) is 0 Å². The lowest BCUT2D eigenvalue weighted by atomic mass is 10.2. The van der Waals surface area contributed by atoms with E-state index in [-0.39, 0.29) is 11.9 Å². The van der Waals surface area contributed by atoms with Crippen molar-refractivity contribution in [3.8, 4) is 0 Å². The van der Waals surface area contributed by atoms with E-state index in [2.05, 4.69) is 27.9 Å². The van der Waals surface area contributed by atoms with Crippen molar-refractivity contribution in [3.05, 3.63) is 33.4 Å². The van der Waals surface area contributed by atoms with Crippen molar-refractivity contribution in [3.63, 3.8) is 0 Å². The summed E-state index contributed by atoms with van der Waals surface area (Å²) in [7, 11) is 0. The van der Waals surface area contributed by atoms with Crippen LogP contribution in [0.3, 0.4) is 0 Å². The molecule has 1 aromatic carbocycles. The number of hydrogen-bond donors (Lipinski definition) is 2. The average molecular weight is 348 g/mol. The molecule has 0 fully saturated rings. The van der Waals surface area contributed by atoms with Gasteiger partial charge in [0, 0.05) is 21.6 Å². The quantitative estimate of drug-likeness (QED) is 0.647. The van der Waals surface area contributed by atoms with Crippen LogP contribution in [0, 0.1) is 3.57 Å². The number of nitrogens with one attached hydrogen (secondary N) is 1. The first-order valence-corrected chi connectivity index (χ1v) is 6.32. The second-order valence-electron chi connectivity index (χ2n) is 3.56. The van der Waals surface area contributed by atoms with Crippen LogP contribution in [0.1, 0.15) is 23.7 Å². The van der Waals surface area contributed by atoms with E-state index in [0.717, 1.165) is 3.57 Å². The molecule has 1 amide bonds. The van der Waals surface area contributed by atoms with Gasteiger partial charge in [0.05, 0.1) is 4.99 Å². The fraction of sp³-hybridized carbons (Fsp3) is 0.273. The highest BCUT2D eigenvalue weighted by atomic mass is 127. The molecule has 3 nitrogen and oxygen atoms in total. The molecule has 1 rings (SSSR count). The van der Waals surface area contributed by atoms with E-state index >= 15 is 0 Å². The molecule has 5 heteroatoms. The molecular weight excluding hydrogens is 335 g/mol. The van der Waals surface area contributed by atoms with Crippen LogP contribution in [0.5, 0.6) is 0 Å². The van der Waals surface area contributed by atoms with E-state index < -0.39 is 0 Å². The Morgan fingerprint density at radius 3 is 2.88 bits per heavy atom. The van der Waals surface area contributed by atoms with Crippen LogP contribution < -0.4 is 11.1 Å². The monoisotopic (exact) mass is 348 g/mol. The lowest BCUT2D eigenvalue weighted by molar-refractivity contribution is 0.0941. The van der Waals surface area contributed by atoms with Gasteiger partial charge in [-0.25, -0.2) is 0 Å². The molecule has 0 saturated carbocycles. The van der Waals surface area contributed by atoms with E-state index in [0.29, 0.717) is 17.0 Å². The van der Waals surface area contributed by atoms with Crippen LogP contribution in [0.15, 0.2) is 24.3 Å². The highest BCUT2D eigenvalue weighted by Gasteiger charge is 2.10. The molecule has 0 saturated heterocycles. The molecule has 16 heavy (non-hydrogen) atoms. The topological polar surface area (TPSA) is 55.1 Å². The molecule has 0 aromatic heterocycles. The molecule has 0 aliphatic heterocycles. The number of hydrogen-bond acceptors (Lipinski definition) is 2. The summed E-state index contributed by atoms with van der Waals surface area (Å²) in [5.41, 5.74) is 6.07. The maximum Gasteiger partial charge on any atom is 0.251 e. The van der Waals surface area contributed by atoms with Crippen molar-refractivity contribution in [2.45, 2.75) is 19.4 Å². The average Bonchev–Trinajstić information content (AvgIpc) is 2.16. The number of nitrogens with two attached hydrogens (primary N) is 1. The van der Waals surface area contributed by atoms with E-state index in [4.69, 9.17) is 18.0 Å². The lowest BCUT2D eigenvalue weighted by Crippen LogP contribution is -2.35. The van der Waals surface area contributed by atoms with E-state index in [1.165, 1.54) is 0 Å². The zero-order valence-corrected chi connectivity index (χ0v) is 11.8. The Morgan fingerprint density at radius 1 is 1.62 bits per heavy atom. The van der Waals surface area contributed by atoms with Crippen molar-refractivity contribution in [2.75, 3.05) is 0 Å². The maximum absolute atomic E-state index is 11.8.